The summed E-state index contributed by atoms with van der Waals surface area (Å²) in [4.78, 5) is 0.179. The van der Waals surface area contributed by atoms with Crippen molar-refractivity contribution in [2.45, 2.75) is 24.7 Å². The molecule has 0 bridgehead atoms. The molecular weight excluding hydrogens is 240 g/mol. The summed E-state index contributed by atoms with van der Waals surface area (Å²) in [5, 5.41) is 15.1. The number of aromatic nitrogens is 2. The van der Waals surface area contributed by atoms with E-state index in [0.29, 0.717) is 25.9 Å². The molecule has 0 aromatic carbocycles. The number of rotatable bonds is 2. The monoisotopic (exact) mass is 254 g/mol. The second-order valence-corrected chi connectivity index (χ2v) is 6.45. The van der Waals surface area contributed by atoms with Crippen LogP contribution in [0.3, 0.4) is 0 Å². The molecule has 1 fully saturated rings. The first-order chi connectivity index (χ1) is 7.98. The van der Waals surface area contributed by atoms with Crippen molar-refractivity contribution >= 4 is 10.0 Å². The Morgan fingerprint density at radius 2 is 2.18 bits per heavy atom. The largest absolute Gasteiger partial charge is 0.284 e. The van der Waals surface area contributed by atoms with Crippen molar-refractivity contribution in [1.82, 2.24) is 14.5 Å². The van der Waals surface area contributed by atoms with E-state index in [-0.39, 0.29) is 4.90 Å². The van der Waals surface area contributed by atoms with E-state index in [9.17, 15) is 8.42 Å². The molecule has 92 valence electrons. The lowest BCUT2D eigenvalue weighted by molar-refractivity contribution is 0.232. The van der Waals surface area contributed by atoms with Gasteiger partial charge in [-0.3, -0.25) is 5.10 Å². The maximum absolute atomic E-state index is 12.1. The van der Waals surface area contributed by atoms with E-state index < -0.39 is 15.4 Å². The summed E-state index contributed by atoms with van der Waals surface area (Å²) in [5.74, 6) is 0. The van der Waals surface area contributed by atoms with Crippen molar-refractivity contribution in [2.75, 3.05) is 13.1 Å². The Hall–Kier alpha value is -1.39. The van der Waals surface area contributed by atoms with Crippen LogP contribution < -0.4 is 0 Å². The van der Waals surface area contributed by atoms with Gasteiger partial charge in [0.05, 0.1) is 17.7 Å². The van der Waals surface area contributed by atoms with Gasteiger partial charge in [-0.05, 0) is 19.8 Å². The Labute approximate surface area is 100 Å². The normalized spacial score (nSPS) is 20.9. The van der Waals surface area contributed by atoms with Gasteiger partial charge in [-0.2, -0.15) is 14.7 Å². The number of aromatic amines is 1. The molecule has 7 heteroatoms. The van der Waals surface area contributed by atoms with Gasteiger partial charge in [-0.15, -0.1) is 0 Å². The SMILES string of the molecule is CC1(C#N)CCN(S(=O)(=O)c2cn[nH]c2)CC1. The van der Waals surface area contributed by atoms with Gasteiger partial charge in [0.1, 0.15) is 4.90 Å². The van der Waals surface area contributed by atoms with Crippen molar-refractivity contribution in [3.05, 3.63) is 12.4 Å². The molecule has 0 saturated carbocycles. The molecule has 1 aromatic heterocycles. The number of H-pyrrole nitrogens is 1. The Balaban J connectivity index is 2.15. The lowest BCUT2D eigenvalue weighted by atomic mass is 9.83. The number of sulfonamides is 1. The zero-order chi connectivity index (χ0) is 12.5. The molecule has 17 heavy (non-hydrogen) atoms. The molecular formula is C10H14N4O2S. The predicted molar refractivity (Wildman–Crippen MR) is 60.3 cm³/mol. The zero-order valence-electron chi connectivity index (χ0n) is 9.55. The summed E-state index contributed by atoms with van der Waals surface area (Å²) in [6.07, 6.45) is 3.81. The van der Waals surface area contributed by atoms with Gasteiger partial charge in [-0.25, -0.2) is 8.42 Å². The van der Waals surface area contributed by atoms with Crippen LogP contribution in [0.5, 0.6) is 0 Å². The molecule has 1 aliphatic rings. The molecule has 2 rings (SSSR count). The second kappa shape index (κ2) is 4.13. The van der Waals surface area contributed by atoms with Crippen LogP contribution in [-0.2, 0) is 10.0 Å². The third kappa shape index (κ3) is 2.18. The van der Waals surface area contributed by atoms with Crippen LogP contribution in [0.1, 0.15) is 19.8 Å². The Morgan fingerprint density at radius 3 is 2.65 bits per heavy atom. The van der Waals surface area contributed by atoms with E-state index in [4.69, 9.17) is 5.26 Å². The number of nitrogens with one attached hydrogen (secondary N) is 1. The Kier molecular flexibility index (Phi) is 2.93. The van der Waals surface area contributed by atoms with Gasteiger partial charge in [-0.1, -0.05) is 0 Å². The highest BCUT2D eigenvalue weighted by atomic mass is 32.2. The minimum Gasteiger partial charge on any atom is -0.284 e. The van der Waals surface area contributed by atoms with Crippen LogP contribution in [0.15, 0.2) is 17.3 Å². The van der Waals surface area contributed by atoms with E-state index in [1.54, 1.807) is 0 Å². The van der Waals surface area contributed by atoms with E-state index in [1.165, 1.54) is 16.7 Å². The van der Waals surface area contributed by atoms with Gasteiger partial charge in [0, 0.05) is 19.3 Å². The average Bonchev–Trinajstić information content (AvgIpc) is 2.84. The van der Waals surface area contributed by atoms with Crippen molar-refractivity contribution in [3.63, 3.8) is 0 Å². The first-order valence-corrected chi connectivity index (χ1v) is 6.82. The minimum atomic E-state index is -3.45. The first kappa shape index (κ1) is 12.1. The Morgan fingerprint density at radius 1 is 1.53 bits per heavy atom. The molecule has 0 aliphatic carbocycles. The number of piperidine rings is 1. The van der Waals surface area contributed by atoms with Crippen molar-refractivity contribution in [2.24, 2.45) is 5.41 Å². The van der Waals surface area contributed by atoms with E-state index >= 15 is 0 Å². The van der Waals surface area contributed by atoms with E-state index in [1.807, 2.05) is 6.92 Å². The molecule has 1 aromatic rings. The molecule has 0 unspecified atom stereocenters. The summed E-state index contributed by atoms with van der Waals surface area (Å²) < 4.78 is 25.7. The fourth-order valence-electron chi connectivity index (χ4n) is 1.86. The average molecular weight is 254 g/mol. The summed E-state index contributed by atoms with van der Waals surface area (Å²) in [6, 6.07) is 2.25. The Bertz CT molecular complexity index is 521. The highest BCUT2D eigenvalue weighted by molar-refractivity contribution is 7.89. The number of hydrogen-bond acceptors (Lipinski definition) is 4. The summed E-state index contributed by atoms with van der Waals surface area (Å²) in [7, 11) is -3.45. The number of hydrogen-bond donors (Lipinski definition) is 1. The van der Waals surface area contributed by atoms with Crippen molar-refractivity contribution < 1.29 is 8.42 Å². The highest BCUT2D eigenvalue weighted by Gasteiger charge is 2.35. The third-order valence-electron chi connectivity index (χ3n) is 3.21. The van der Waals surface area contributed by atoms with Crippen molar-refractivity contribution in [1.29, 1.82) is 5.26 Å². The summed E-state index contributed by atoms with van der Waals surface area (Å²) >= 11 is 0. The molecule has 1 aliphatic heterocycles. The van der Waals surface area contributed by atoms with Crippen LogP contribution in [0, 0.1) is 16.7 Å². The third-order valence-corrected chi connectivity index (χ3v) is 5.07. The fraction of sp³-hybridized carbons (Fsp3) is 0.600. The molecule has 0 spiro atoms. The maximum atomic E-state index is 12.1. The molecule has 0 radical (unpaired) electrons. The summed E-state index contributed by atoms with van der Waals surface area (Å²) in [5.41, 5.74) is -0.400. The van der Waals surface area contributed by atoms with E-state index in [0.717, 1.165) is 0 Å². The van der Waals surface area contributed by atoms with Crippen LogP contribution in [0.25, 0.3) is 0 Å². The highest BCUT2D eigenvalue weighted by Crippen LogP contribution is 2.32. The fourth-order valence-corrected chi connectivity index (χ4v) is 3.21. The van der Waals surface area contributed by atoms with Crippen molar-refractivity contribution in [3.8, 4) is 6.07 Å². The topological polar surface area (TPSA) is 89.8 Å². The molecule has 0 amide bonds. The maximum Gasteiger partial charge on any atom is 0.246 e. The number of nitrogens with zero attached hydrogens (tertiary/aromatic N) is 3. The molecule has 1 saturated heterocycles. The number of nitriles is 1. The molecule has 6 nitrogen and oxygen atoms in total. The summed E-state index contributed by atoms with van der Waals surface area (Å²) in [6.45, 7) is 2.64. The van der Waals surface area contributed by atoms with Gasteiger partial charge in [0.15, 0.2) is 0 Å². The van der Waals surface area contributed by atoms with Gasteiger partial charge in [0.2, 0.25) is 10.0 Å². The molecule has 2 heterocycles. The second-order valence-electron chi connectivity index (χ2n) is 4.51. The van der Waals surface area contributed by atoms with Crippen LogP contribution in [0.4, 0.5) is 0 Å². The van der Waals surface area contributed by atoms with Gasteiger partial charge in [0.25, 0.3) is 0 Å². The van der Waals surface area contributed by atoms with Crippen LogP contribution >= 0.6 is 0 Å². The predicted octanol–water partition coefficient (Wildman–Crippen LogP) is 0.724. The first-order valence-electron chi connectivity index (χ1n) is 5.38. The van der Waals surface area contributed by atoms with E-state index in [2.05, 4.69) is 16.3 Å². The minimum absolute atomic E-state index is 0.179. The quantitative estimate of drug-likeness (QED) is 0.842. The lowest BCUT2D eigenvalue weighted by Crippen LogP contribution is -2.41. The zero-order valence-corrected chi connectivity index (χ0v) is 10.4. The molecule has 0 atom stereocenters. The van der Waals surface area contributed by atoms with Crippen LogP contribution in [0.2, 0.25) is 0 Å². The standard InChI is InChI=1S/C10H14N4O2S/c1-10(8-11)2-4-14(5-3-10)17(15,16)9-6-12-13-7-9/h6-7H,2-5H2,1H3,(H,12,13). The lowest BCUT2D eigenvalue weighted by Gasteiger charge is -2.33. The smallest absolute Gasteiger partial charge is 0.246 e. The molecule has 1 N–H and O–H groups in total. The van der Waals surface area contributed by atoms with Gasteiger partial charge >= 0.3 is 0 Å². The van der Waals surface area contributed by atoms with Gasteiger partial charge < -0.3 is 0 Å². The van der Waals surface area contributed by atoms with Crippen LogP contribution in [-0.4, -0.2) is 36.0 Å².